The predicted octanol–water partition coefficient (Wildman–Crippen LogP) is 5.45. The van der Waals surface area contributed by atoms with Gasteiger partial charge < -0.3 is 14.8 Å². The van der Waals surface area contributed by atoms with Crippen molar-refractivity contribution in [1.29, 1.82) is 0 Å². The van der Waals surface area contributed by atoms with Crippen LogP contribution < -0.4 is 19.4 Å². The van der Waals surface area contributed by atoms with Crippen LogP contribution in [0.3, 0.4) is 0 Å². The van der Waals surface area contributed by atoms with Crippen molar-refractivity contribution < 1.29 is 18.8 Å². The molecule has 0 bridgehead atoms. The standard InChI is InChI=1S/C26H38N2O3/c1-4-6-7-8-9-10-11-12-18-31-24-16-15-23(19-25(24)30-3)26(29)27-20-22-14-13-17-28(5-2)21-22/h13-17,19,21H,4-12,18,20H2,1-3H3/p+1. The summed E-state index contributed by atoms with van der Waals surface area (Å²) in [7, 11) is 1.60. The van der Waals surface area contributed by atoms with Crippen molar-refractivity contribution in [2.24, 2.45) is 0 Å². The zero-order valence-corrected chi connectivity index (χ0v) is 19.5. The number of hydrogen-bond acceptors (Lipinski definition) is 3. The summed E-state index contributed by atoms with van der Waals surface area (Å²) < 4.78 is 13.4. The topological polar surface area (TPSA) is 51.4 Å². The van der Waals surface area contributed by atoms with E-state index in [1.54, 1.807) is 19.2 Å². The van der Waals surface area contributed by atoms with E-state index in [1.807, 2.05) is 30.6 Å². The number of carbonyl (C=O) groups excluding carboxylic acids is 1. The van der Waals surface area contributed by atoms with E-state index in [9.17, 15) is 4.79 Å². The maximum Gasteiger partial charge on any atom is 0.251 e. The minimum absolute atomic E-state index is 0.125. The average Bonchev–Trinajstić information content (AvgIpc) is 2.81. The van der Waals surface area contributed by atoms with Gasteiger partial charge in [0.05, 0.1) is 13.7 Å². The molecule has 0 saturated heterocycles. The van der Waals surface area contributed by atoms with Crippen molar-refractivity contribution in [1.82, 2.24) is 5.32 Å². The van der Waals surface area contributed by atoms with Gasteiger partial charge in [0.25, 0.3) is 5.91 Å². The van der Waals surface area contributed by atoms with Gasteiger partial charge in [0.15, 0.2) is 23.9 Å². The van der Waals surface area contributed by atoms with Crippen LogP contribution in [-0.2, 0) is 13.1 Å². The van der Waals surface area contributed by atoms with E-state index < -0.39 is 0 Å². The number of rotatable bonds is 15. The van der Waals surface area contributed by atoms with Crippen molar-refractivity contribution in [2.45, 2.75) is 78.3 Å². The summed E-state index contributed by atoms with van der Waals surface area (Å²) in [5.41, 5.74) is 1.63. The van der Waals surface area contributed by atoms with Gasteiger partial charge >= 0.3 is 0 Å². The molecule has 0 aliphatic carbocycles. The summed E-state index contributed by atoms with van der Waals surface area (Å²) in [6.07, 6.45) is 14.2. The van der Waals surface area contributed by atoms with Crippen LogP contribution >= 0.6 is 0 Å². The first-order chi connectivity index (χ1) is 15.2. The lowest BCUT2D eigenvalue weighted by Gasteiger charge is -2.12. The Balaban J connectivity index is 1.77. The molecule has 1 heterocycles. The molecule has 0 radical (unpaired) electrons. The molecule has 0 fully saturated rings. The molecular weight excluding hydrogens is 388 g/mol. The highest BCUT2D eigenvalue weighted by Gasteiger charge is 2.12. The molecule has 1 amide bonds. The summed E-state index contributed by atoms with van der Waals surface area (Å²) in [6, 6.07) is 9.36. The number of methoxy groups -OCH3 is 1. The van der Waals surface area contributed by atoms with E-state index in [1.165, 1.54) is 44.9 Å². The van der Waals surface area contributed by atoms with E-state index in [0.29, 0.717) is 30.2 Å². The number of aryl methyl sites for hydroxylation is 1. The van der Waals surface area contributed by atoms with Crippen molar-refractivity contribution in [3.8, 4) is 11.5 Å². The number of nitrogens with zero attached hydrogens (tertiary/aromatic N) is 1. The third-order valence-corrected chi connectivity index (χ3v) is 5.42. The average molecular weight is 428 g/mol. The molecule has 0 atom stereocenters. The first kappa shape index (κ1) is 24.7. The monoisotopic (exact) mass is 427 g/mol. The molecule has 2 rings (SSSR count). The fourth-order valence-electron chi connectivity index (χ4n) is 3.51. The van der Waals surface area contributed by atoms with Crippen molar-refractivity contribution in [3.05, 3.63) is 53.9 Å². The molecule has 5 nitrogen and oxygen atoms in total. The number of aromatic nitrogens is 1. The van der Waals surface area contributed by atoms with E-state index in [0.717, 1.165) is 18.5 Å². The van der Waals surface area contributed by atoms with Crippen LogP contribution in [0, 0.1) is 0 Å². The van der Waals surface area contributed by atoms with Gasteiger partial charge in [-0.3, -0.25) is 4.79 Å². The number of nitrogens with one attached hydrogen (secondary N) is 1. The van der Waals surface area contributed by atoms with Gasteiger partial charge in [-0.15, -0.1) is 0 Å². The smallest absolute Gasteiger partial charge is 0.251 e. The second-order valence-electron chi connectivity index (χ2n) is 7.91. The molecule has 1 N–H and O–H groups in total. The van der Waals surface area contributed by atoms with Crippen LogP contribution in [0.1, 0.15) is 81.1 Å². The SMILES string of the molecule is CCCCCCCCCCOc1ccc(C(=O)NCc2ccc[n+](CC)c2)cc1OC. The summed E-state index contributed by atoms with van der Waals surface area (Å²) >= 11 is 0. The highest BCUT2D eigenvalue weighted by molar-refractivity contribution is 5.94. The Morgan fingerprint density at radius 3 is 2.42 bits per heavy atom. The second-order valence-corrected chi connectivity index (χ2v) is 7.91. The molecule has 0 spiro atoms. The normalized spacial score (nSPS) is 10.7. The fraction of sp³-hybridized carbons (Fsp3) is 0.538. The molecule has 31 heavy (non-hydrogen) atoms. The predicted molar refractivity (Wildman–Crippen MR) is 125 cm³/mol. The summed E-state index contributed by atoms with van der Waals surface area (Å²) in [5, 5.41) is 2.97. The quantitative estimate of drug-likeness (QED) is 0.304. The molecule has 5 heteroatoms. The van der Waals surface area contributed by atoms with Gasteiger partial charge in [0.2, 0.25) is 0 Å². The Labute approximate surface area is 187 Å². The number of carbonyl (C=O) groups is 1. The number of unbranched alkanes of at least 4 members (excludes halogenated alkanes) is 7. The first-order valence-corrected chi connectivity index (χ1v) is 11.7. The van der Waals surface area contributed by atoms with Crippen LogP contribution in [0.4, 0.5) is 0 Å². The van der Waals surface area contributed by atoms with Gasteiger partial charge in [-0.25, -0.2) is 4.57 Å². The number of benzene rings is 1. The molecular formula is C26H39N2O3+. The Morgan fingerprint density at radius 2 is 1.71 bits per heavy atom. The summed E-state index contributed by atoms with van der Waals surface area (Å²) in [5.74, 6) is 1.16. The van der Waals surface area contributed by atoms with E-state index in [2.05, 4.69) is 23.7 Å². The first-order valence-electron chi connectivity index (χ1n) is 11.7. The summed E-state index contributed by atoms with van der Waals surface area (Å²) in [4.78, 5) is 12.6. The van der Waals surface area contributed by atoms with Crippen LogP contribution in [0.5, 0.6) is 11.5 Å². The van der Waals surface area contributed by atoms with Crippen LogP contribution in [0.15, 0.2) is 42.7 Å². The van der Waals surface area contributed by atoms with Crippen molar-refractivity contribution >= 4 is 5.91 Å². The number of ether oxygens (including phenoxy) is 2. The van der Waals surface area contributed by atoms with Crippen molar-refractivity contribution in [3.63, 3.8) is 0 Å². The molecule has 2 aromatic rings. The largest absolute Gasteiger partial charge is 0.493 e. The maximum atomic E-state index is 12.6. The van der Waals surface area contributed by atoms with Crippen LogP contribution in [-0.4, -0.2) is 19.6 Å². The molecule has 1 aromatic heterocycles. The molecule has 0 unspecified atom stereocenters. The summed E-state index contributed by atoms with van der Waals surface area (Å²) in [6.45, 7) is 6.39. The lowest BCUT2D eigenvalue weighted by atomic mass is 10.1. The minimum Gasteiger partial charge on any atom is -0.493 e. The number of hydrogen-bond donors (Lipinski definition) is 1. The van der Waals surface area contributed by atoms with E-state index in [4.69, 9.17) is 9.47 Å². The van der Waals surface area contributed by atoms with Crippen LogP contribution in [0.25, 0.3) is 0 Å². The maximum absolute atomic E-state index is 12.6. The molecule has 170 valence electrons. The molecule has 0 aliphatic rings. The van der Waals surface area contributed by atoms with Gasteiger partial charge in [0.1, 0.15) is 6.54 Å². The van der Waals surface area contributed by atoms with Gasteiger partial charge in [-0.1, -0.05) is 51.9 Å². The lowest BCUT2D eigenvalue weighted by molar-refractivity contribution is -0.694. The number of amides is 1. The lowest BCUT2D eigenvalue weighted by Crippen LogP contribution is -2.32. The van der Waals surface area contributed by atoms with Gasteiger partial charge in [-0.2, -0.15) is 0 Å². The fourth-order valence-corrected chi connectivity index (χ4v) is 3.51. The molecule has 1 aromatic carbocycles. The van der Waals surface area contributed by atoms with Gasteiger partial charge in [-0.05, 0) is 37.6 Å². The highest BCUT2D eigenvalue weighted by atomic mass is 16.5. The number of pyridine rings is 1. The zero-order chi connectivity index (χ0) is 22.3. The Hall–Kier alpha value is -2.56. The third-order valence-electron chi connectivity index (χ3n) is 5.42. The van der Waals surface area contributed by atoms with Crippen LogP contribution in [0.2, 0.25) is 0 Å². The van der Waals surface area contributed by atoms with E-state index >= 15 is 0 Å². The third kappa shape index (κ3) is 8.99. The molecule has 0 saturated carbocycles. The zero-order valence-electron chi connectivity index (χ0n) is 19.5. The minimum atomic E-state index is -0.125. The Morgan fingerprint density at radius 1 is 0.968 bits per heavy atom. The second kappa shape index (κ2) is 14.4. The van der Waals surface area contributed by atoms with Gasteiger partial charge in [0, 0.05) is 23.7 Å². The van der Waals surface area contributed by atoms with Crippen molar-refractivity contribution in [2.75, 3.05) is 13.7 Å². The Kier molecular flexibility index (Phi) is 11.5. The highest BCUT2D eigenvalue weighted by Crippen LogP contribution is 2.28. The van der Waals surface area contributed by atoms with E-state index in [-0.39, 0.29) is 5.91 Å². The Bertz CT molecular complexity index is 792. The molecule has 0 aliphatic heterocycles.